The highest BCUT2D eigenvalue weighted by molar-refractivity contribution is 6.33. The highest BCUT2D eigenvalue weighted by Gasteiger charge is 2.32. The molecule has 0 spiro atoms. The van der Waals surface area contributed by atoms with Crippen LogP contribution in [0, 0.1) is 6.92 Å². The zero-order chi connectivity index (χ0) is 21.9. The Hall–Kier alpha value is -2.81. The average molecular weight is 441 g/mol. The van der Waals surface area contributed by atoms with Crippen molar-refractivity contribution in [2.24, 2.45) is 0 Å². The summed E-state index contributed by atoms with van der Waals surface area (Å²) >= 11 is 5.99. The number of aromatic nitrogens is 1. The molecule has 1 aromatic heterocycles. The summed E-state index contributed by atoms with van der Waals surface area (Å²) in [5.41, 5.74) is 0.519. The Bertz CT molecular complexity index is 944. The molecule has 1 aliphatic heterocycles. The smallest absolute Gasteiger partial charge is 0.352 e. The van der Waals surface area contributed by atoms with Crippen LogP contribution in [-0.4, -0.2) is 54.4 Å². The number of nitrogens with zero attached hydrogens (tertiary/aromatic N) is 3. The fraction of sp³-hybridized carbons (Fsp3) is 0.350. The number of halogens is 4. The topological polar surface area (TPSA) is 65.5 Å². The predicted octanol–water partition coefficient (Wildman–Crippen LogP) is 3.14. The van der Waals surface area contributed by atoms with Gasteiger partial charge in [0.2, 0.25) is 5.91 Å². The van der Waals surface area contributed by atoms with Gasteiger partial charge in [0.15, 0.2) is 0 Å². The first-order valence-corrected chi connectivity index (χ1v) is 9.63. The molecule has 6 nitrogen and oxygen atoms in total. The minimum Gasteiger partial charge on any atom is -0.352 e. The molecule has 1 aromatic carbocycles. The molecule has 0 saturated carbocycles. The molecule has 2 heterocycles. The molecule has 3 rings (SSSR count). The third-order valence-electron chi connectivity index (χ3n) is 4.76. The van der Waals surface area contributed by atoms with Crippen molar-refractivity contribution in [3.8, 4) is 0 Å². The average Bonchev–Trinajstić information content (AvgIpc) is 2.71. The van der Waals surface area contributed by atoms with E-state index in [1.165, 1.54) is 0 Å². The highest BCUT2D eigenvalue weighted by Crippen LogP contribution is 2.33. The molecule has 0 unspecified atom stereocenters. The van der Waals surface area contributed by atoms with Crippen molar-refractivity contribution in [3.63, 3.8) is 0 Å². The van der Waals surface area contributed by atoms with Gasteiger partial charge in [0.1, 0.15) is 5.82 Å². The molecule has 2 amide bonds. The number of piperazine rings is 1. The van der Waals surface area contributed by atoms with Crippen molar-refractivity contribution in [2.75, 3.05) is 37.6 Å². The monoisotopic (exact) mass is 440 g/mol. The summed E-state index contributed by atoms with van der Waals surface area (Å²) in [6, 6.07) is 7.90. The van der Waals surface area contributed by atoms with Gasteiger partial charge >= 0.3 is 6.18 Å². The van der Waals surface area contributed by atoms with Gasteiger partial charge in [0.25, 0.3) is 5.91 Å². The van der Waals surface area contributed by atoms with Crippen molar-refractivity contribution in [1.82, 2.24) is 15.2 Å². The summed E-state index contributed by atoms with van der Waals surface area (Å²) in [6.07, 6.45) is -3.76. The number of carbonyl (C=O) groups excluding carboxylic acids is 2. The molecule has 1 fully saturated rings. The fourth-order valence-electron chi connectivity index (χ4n) is 3.14. The Morgan fingerprint density at radius 2 is 1.87 bits per heavy atom. The van der Waals surface area contributed by atoms with Gasteiger partial charge in [0, 0.05) is 37.9 Å². The summed E-state index contributed by atoms with van der Waals surface area (Å²) in [6.45, 7) is 3.17. The van der Waals surface area contributed by atoms with E-state index in [1.54, 1.807) is 28.0 Å². The molecular formula is C20H20ClF3N4O2. The number of benzene rings is 1. The Balaban J connectivity index is 1.53. The molecule has 1 saturated heterocycles. The van der Waals surface area contributed by atoms with Gasteiger partial charge in [-0.3, -0.25) is 9.59 Å². The van der Waals surface area contributed by atoms with Crippen LogP contribution >= 0.6 is 11.6 Å². The van der Waals surface area contributed by atoms with Gasteiger partial charge in [-0.1, -0.05) is 29.3 Å². The second-order valence-corrected chi connectivity index (χ2v) is 7.35. The van der Waals surface area contributed by atoms with Crippen LogP contribution < -0.4 is 10.2 Å². The molecule has 0 aliphatic carbocycles. The standard InChI is InChI=1S/C20H20ClF3N4O2/c1-13-3-2-4-14(9-13)19(30)26-12-17(29)27-5-7-28(8-6-27)18-16(21)10-15(11-25-18)20(22,23)24/h2-4,9-11H,5-8,12H2,1H3,(H,26,30). The minimum atomic E-state index is -4.51. The summed E-state index contributed by atoms with van der Waals surface area (Å²) in [5.74, 6) is -0.307. The summed E-state index contributed by atoms with van der Waals surface area (Å²) in [7, 11) is 0. The van der Waals surface area contributed by atoms with E-state index in [-0.39, 0.29) is 29.2 Å². The van der Waals surface area contributed by atoms with Gasteiger partial charge < -0.3 is 15.1 Å². The number of nitrogens with one attached hydrogen (secondary N) is 1. The molecule has 1 aliphatic rings. The molecule has 30 heavy (non-hydrogen) atoms. The van der Waals surface area contributed by atoms with Gasteiger partial charge in [-0.2, -0.15) is 13.2 Å². The number of anilines is 1. The van der Waals surface area contributed by atoms with E-state index in [4.69, 9.17) is 11.6 Å². The third-order valence-corrected chi connectivity index (χ3v) is 5.04. The lowest BCUT2D eigenvalue weighted by Gasteiger charge is -2.35. The number of hydrogen-bond donors (Lipinski definition) is 1. The Morgan fingerprint density at radius 3 is 2.47 bits per heavy atom. The van der Waals surface area contributed by atoms with E-state index in [0.29, 0.717) is 31.7 Å². The maximum Gasteiger partial charge on any atom is 0.417 e. The number of rotatable bonds is 4. The number of aryl methyl sites for hydroxylation is 1. The number of pyridine rings is 1. The number of hydrogen-bond acceptors (Lipinski definition) is 4. The Morgan fingerprint density at radius 1 is 1.17 bits per heavy atom. The van der Waals surface area contributed by atoms with E-state index in [1.807, 2.05) is 13.0 Å². The van der Waals surface area contributed by atoms with Crippen molar-refractivity contribution in [1.29, 1.82) is 0 Å². The lowest BCUT2D eigenvalue weighted by Crippen LogP contribution is -2.51. The number of carbonyl (C=O) groups is 2. The van der Waals surface area contributed by atoms with Crippen LogP contribution in [-0.2, 0) is 11.0 Å². The van der Waals surface area contributed by atoms with Crippen LogP contribution in [0.2, 0.25) is 5.02 Å². The highest BCUT2D eigenvalue weighted by atomic mass is 35.5. The van der Waals surface area contributed by atoms with Crippen LogP contribution in [0.4, 0.5) is 19.0 Å². The van der Waals surface area contributed by atoms with Gasteiger partial charge in [-0.05, 0) is 25.1 Å². The van der Waals surface area contributed by atoms with Crippen LogP contribution in [0.1, 0.15) is 21.5 Å². The maximum atomic E-state index is 12.8. The minimum absolute atomic E-state index is 0.0879. The zero-order valence-corrected chi connectivity index (χ0v) is 16.9. The molecular weight excluding hydrogens is 421 g/mol. The zero-order valence-electron chi connectivity index (χ0n) is 16.2. The molecule has 0 atom stereocenters. The summed E-state index contributed by atoms with van der Waals surface area (Å²) < 4.78 is 38.3. The SMILES string of the molecule is Cc1cccc(C(=O)NCC(=O)N2CCN(c3ncc(C(F)(F)F)cc3Cl)CC2)c1. The lowest BCUT2D eigenvalue weighted by atomic mass is 10.1. The van der Waals surface area contributed by atoms with Crippen LogP contribution in [0.3, 0.4) is 0 Å². The second-order valence-electron chi connectivity index (χ2n) is 6.95. The fourth-order valence-corrected chi connectivity index (χ4v) is 3.43. The van der Waals surface area contributed by atoms with Crippen molar-refractivity contribution in [3.05, 3.63) is 58.2 Å². The number of alkyl halides is 3. The van der Waals surface area contributed by atoms with E-state index in [9.17, 15) is 22.8 Å². The van der Waals surface area contributed by atoms with Crippen molar-refractivity contribution in [2.45, 2.75) is 13.1 Å². The normalized spacial score (nSPS) is 14.6. The predicted molar refractivity (Wildman–Crippen MR) is 107 cm³/mol. The lowest BCUT2D eigenvalue weighted by molar-refractivity contribution is -0.137. The molecule has 160 valence electrons. The second kappa shape index (κ2) is 8.91. The molecule has 0 radical (unpaired) electrons. The first-order valence-electron chi connectivity index (χ1n) is 9.25. The first kappa shape index (κ1) is 21.9. The van der Waals surface area contributed by atoms with E-state index in [0.717, 1.165) is 17.8 Å². The maximum absolute atomic E-state index is 12.8. The quantitative estimate of drug-likeness (QED) is 0.793. The molecule has 10 heteroatoms. The molecule has 1 N–H and O–H groups in total. The summed E-state index contributed by atoms with van der Waals surface area (Å²) in [4.78, 5) is 31.7. The third kappa shape index (κ3) is 5.21. The first-order chi connectivity index (χ1) is 14.1. The van der Waals surface area contributed by atoms with Crippen LogP contribution in [0.15, 0.2) is 36.5 Å². The van der Waals surface area contributed by atoms with Crippen molar-refractivity contribution < 1.29 is 22.8 Å². The van der Waals surface area contributed by atoms with Crippen LogP contribution in [0.25, 0.3) is 0 Å². The van der Waals surface area contributed by atoms with E-state index >= 15 is 0 Å². The van der Waals surface area contributed by atoms with E-state index in [2.05, 4.69) is 10.3 Å². The van der Waals surface area contributed by atoms with Crippen molar-refractivity contribution >= 4 is 29.2 Å². The number of amides is 2. The summed E-state index contributed by atoms with van der Waals surface area (Å²) in [5, 5.41) is 2.52. The molecule has 2 aromatic rings. The Labute approximate surface area is 176 Å². The molecule has 0 bridgehead atoms. The van der Waals surface area contributed by atoms with Gasteiger partial charge in [0.05, 0.1) is 17.1 Å². The van der Waals surface area contributed by atoms with Crippen LogP contribution in [0.5, 0.6) is 0 Å². The van der Waals surface area contributed by atoms with Gasteiger partial charge in [-0.25, -0.2) is 4.98 Å². The Kier molecular flexibility index (Phi) is 6.50. The largest absolute Gasteiger partial charge is 0.417 e. The van der Waals surface area contributed by atoms with E-state index < -0.39 is 11.7 Å². The van der Waals surface area contributed by atoms with Gasteiger partial charge in [-0.15, -0.1) is 0 Å².